The lowest BCUT2D eigenvalue weighted by atomic mass is 9.85. The fourth-order valence-corrected chi connectivity index (χ4v) is 4.61. The summed E-state index contributed by atoms with van der Waals surface area (Å²) >= 11 is 0. The molecule has 3 nitrogen and oxygen atoms in total. The van der Waals surface area contributed by atoms with Crippen LogP contribution >= 0.6 is 0 Å². The predicted molar refractivity (Wildman–Crippen MR) is 113 cm³/mol. The number of ketones is 2. The van der Waals surface area contributed by atoms with Crippen LogP contribution in [0, 0.1) is 20.8 Å². The highest BCUT2D eigenvalue weighted by Gasteiger charge is 2.27. The van der Waals surface area contributed by atoms with E-state index in [-0.39, 0.29) is 11.6 Å². The Labute approximate surface area is 162 Å². The molecule has 3 aromatic carbocycles. The van der Waals surface area contributed by atoms with E-state index in [2.05, 4.69) is 44.0 Å². The van der Waals surface area contributed by atoms with E-state index >= 15 is 0 Å². The molecular weight excluding hydrogens is 346 g/mol. The van der Waals surface area contributed by atoms with Gasteiger partial charge in [0.25, 0.3) is 0 Å². The van der Waals surface area contributed by atoms with Gasteiger partial charge in [0, 0.05) is 21.9 Å². The molecule has 0 bridgehead atoms. The summed E-state index contributed by atoms with van der Waals surface area (Å²) in [4.78, 5) is 28.7. The molecule has 0 fully saturated rings. The van der Waals surface area contributed by atoms with E-state index in [0.29, 0.717) is 11.1 Å². The number of H-pyrrole nitrogens is 1. The van der Waals surface area contributed by atoms with Crippen LogP contribution in [-0.2, 0) is 0 Å². The maximum atomic E-state index is 12.7. The molecule has 3 heteroatoms. The molecule has 0 radical (unpaired) electrons. The van der Waals surface area contributed by atoms with Crippen molar-refractivity contribution in [2.75, 3.05) is 0 Å². The fraction of sp³-hybridized carbons (Fsp3) is 0.120. The second-order valence-corrected chi connectivity index (χ2v) is 7.60. The van der Waals surface area contributed by atoms with Crippen LogP contribution in [0.25, 0.3) is 32.9 Å². The molecule has 0 amide bonds. The highest BCUT2D eigenvalue weighted by atomic mass is 16.1. The van der Waals surface area contributed by atoms with E-state index in [1.165, 1.54) is 17.7 Å². The Morgan fingerprint density at radius 3 is 2.18 bits per heavy atom. The van der Waals surface area contributed by atoms with Gasteiger partial charge in [0.2, 0.25) is 0 Å². The monoisotopic (exact) mass is 365 g/mol. The molecule has 1 aromatic heterocycles. The standard InChI is InChI=1S/C25H19NO2/c1-13-10-14(2)22(15(3)11-13)18-12-17-20(27)8-9-21(28)24(17)25-23(18)16-6-4-5-7-19(16)26-25/h4-12,26H,1-3H3. The first-order chi connectivity index (χ1) is 13.5. The molecule has 1 aliphatic carbocycles. The predicted octanol–water partition coefficient (Wildman–Crippen LogP) is 5.85. The zero-order chi connectivity index (χ0) is 19.6. The molecule has 28 heavy (non-hydrogen) atoms. The molecule has 0 unspecified atom stereocenters. The van der Waals surface area contributed by atoms with Crippen LogP contribution in [0.1, 0.15) is 37.4 Å². The molecule has 0 spiro atoms. The normalized spacial score (nSPS) is 13.5. The molecule has 1 aliphatic rings. The van der Waals surface area contributed by atoms with Crippen molar-refractivity contribution in [3.8, 4) is 11.1 Å². The van der Waals surface area contributed by atoms with Crippen LogP contribution in [0.3, 0.4) is 0 Å². The summed E-state index contributed by atoms with van der Waals surface area (Å²) in [5.74, 6) is -0.256. The van der Waals surface area contributed by atoms with Crippen molar-refractivity contribution < 1.29 is 9.59 Å². The third kappa shape index (κ3) is 2.23. The highest BCUT2D eigenvalue weighted by Crippen LogP contribution is 2.41. The van der Waals surface area contributed by atoms with E-state index in [0.717, 1.165) is 44.1 Å². The number of hydrogen-bond donors (Lipinski definition) is 1. The summed E-state index contributed by atoms with van der Waals surface area (Å²) in [6.45, 7) is 6.29. The third-order valence-corrected chi connectivity index (χ3v) is 5.63. The van der Waals surface area contributed by atoms with E-state index in [9.17, 15) is 9.59 Å². The number of benzene rings is 3. The van der Waals surface area contributed by atoms with Crippen LogP contribution in [0.5, 0.6) is 0 Å². The lowest BCUT2D eigenvalue weighted by Crippen LogP contribution is -2.12. The molecule has 5 rings (SSSR count). The van der Waals surface area contributed by atoms with Gasteiger partial charge < -0.3 is 4.98 Å². The van der Waals surface area contributed by atoms with E-state index in [1.54, 1.807) is 0 Å². The topological polar surface area (TPSA) is 49.9 Å². The number of para-hydroxylation sites is 1. The average molecular weight is 365 g/mol. The molecule has 0 atom stereocenters. The molecule has 0 aliphatic heterocycles. The van der Waals surface area contributed by atoms with Crippen molar-refractivity contribution in [1.82, 2.24) is 4.98 Å². The third-order valence-electron chi connectivity index (χ3n) is 5.63. The van der Waals surface area contributed by atoms with Crippen LogP contribution in [-0.4, -0.2) is 16.6 Å². The number of carbonyl (C=O) groups is 2. The molecule has 136 valence electrons. The Morgan fingerprint density at radius 2 is 1.43 bits per heavy atom. The quantitative estimate of drug-likeness (QED) is 0.460. The van der Waals surface area contributed by atoms with Gasteiger partial charge in [-0.05, 0) is 67.3 Å². The van der Waals surface area contributed by atoms with Crippen LogP contribution < -0.4 is 0 Å². The Morgan fingerprint density at radius 1 is 0.750 bits per heavy atom. The first kappa shape index (κ1) is 16.7. The number of carbonyl (C=O) groups excluding carboxylic acids is 2. The first-order valence-corrected chi connectivity index (χ1v) is 9.38. The Kier molecular flexibility index (Phi) is 3.44. The van der Waals surface area contributed by atoms with Crippen LogP contribution in [0.15, 0.2) is 54.6 Å². The van der Waals surface area contributed by atoms with Crippen molar-refractivity contribution in [2.45, 2.75) is 20.8 Å². The van der Waals surface area contributed by atoms with Gasteiger partial charge in [-0.2, -0.15) is 0 Å². The fourth-order valence-electron chi connectivity index (χ4n) is 4.61. The lowest BCUT2D eigenvalue weighted by molar-refractivity contribution is 0.0995. The smallest absolute Gasteiger partial charge is 0.188 e. The summed E-state index contributed by atoms with van der Waals surface area (Å²) in [7, 11) is 0. The van der Waals surface area contributed by atoms with Gasteiger partial charge in [0.1, 0.15) is 0 Å². The summed E-state index contributed by atoms with van der Waals surface area (Å²) < 4.78 is 0. The minimum absolute atomic E-state index is 0.126. The second-order valence-electron chi connectivity index (χ2n) is 7.60. The van der Waals surface area contributed by atoms with Crippen molar-refractivity contribution in [3.63, 3.8) is 0 Å². The van der Waals surface area contributed by atoms with Gasteiger partial charge in [-0.25, -0.2) is 0 Å². The van der Waals surface area contributed by atoms with E-state index < -0.39 is 0 Å². The van der Waals surface area contributed by atoms with Crippen molar-refractivity contribution in [3.05, 3.63) is 82.4 Å². The summed E-state index contributed by atoms with van der Waals surface area (Å²) in [6, 6.07) is 14.3. The zero-order valence-electron chi connectivity index (χ0n) is 16.0. The summed E-state index contributed by atoms with van der Waals surface area (Å²) in [5, 5.41) is 2.06. The number of allylic oxidation sites excluding steroid dienone is 2. The maximum Gasteiger partial charge on any atom is 0.188 e. The number of aryl methyl sites for hydroxylation is 3. The first-order valence-electron chi connectivity index (χ1n) is 9.38. The number of aromatic amines is 1. The minimum atomic E-state index is -0.130. The van der Waals surface area contributed by atoms with Crippen LogP contribution in [0.4, 0.5) is 0 Å². The molecule has 4 aromatic rings. The summed E-state index contributed by atoms with van der Waals surface area (Å²) in [6.07, 6.45) is 2.75. The van der Waals surface area contributed by atoms with Gasteiger partial charge in [-0.15, -0.1) is 0 Å². The second kappa shape index (κ2) is 5.77. The molecule has 0 saturated heterocycles. The largest absolute Gasteiger partial charge is 0.354 e. The Balaban J connectivity index is 2.03. The lowest BCUT2D eigenvalue weighted by Gasteiger charge is -2.17. The Bertz CT molecular complexity index is 1350. The van der Waals surface area contributed by atoms with Crippen molar-refractivity contribution in [2.24, 2.45) is 0 Å². The number of rotatable bonds is 1. The molecule has 0 saturated carbocycles. The van der Waals surface area contributed by atoms with E-state index in [4.69, 9.17) is 0 Å². The van der Waals surface area contributed by atoms with Crippen LogP contribution in [0.2, 0.25) is 0 Å². The van der Waals surface area contributed by atoms with E-state index in [1.807, 2.05) is 24.3 Å². The number of hydrogen-bond acceptors (Lipinski definition) is 2. The highest BCUT2D eigenvalue weighted by molar-refractivity contribution is 6.30. The van der Waals surface area contributed by atoms with Crippen molar-refractivity contribution >= 4 is 33.4 Å². The molecular formula is C25H19NO2. The summed E-state index contributed by atoms with van der Waals surface area (Å²) in [5.41, 5.74) is 8.31. The van der Waals surface area contributed by atoms with Gasteiger partial charge in [-0.3, -0.25) is 9.59 Å². The number of aromatic nitrogens is 1. The minimum Gasteiger partial charge on any atom is -0.354 e. The molecule has 1 N–H and O–H groups in total. The van der Waals surface area contributed by atoms with Gasteiger partial charge in [-0.1, -0.05) is 35.9 Å². The van der Waals surface area contributed by atoms with Gasteiger partial charge in [0.05, 0.1) is 11.1 Å². The average Bonchev–Trinajstić information content (AvgIpc) is 3.03. The van der Waals surface area contributed by atoms with Crippen molar-refractivity contribution in [1.29, 1.82) is 0 Å². The van der Waals surface area contributed by atoms with Gasteiger partial charge in [0.15, 0.2) is 11.6 Å². The van der Waals surface area contributed by atoms with Gasteiger partial charge >= 0.3 is 0 Å². The number of fused-ring (bicyclic) bond motifs is 5. The zero-order valence-corrected chi connectivity index (χ0v) is 16.0. The SMILES string of the molecule is Cc1cc(C)c(-c2cc3c(c4[nH]c5ccccc5c24)C(=O)C=CC3=O)c(C)c1. The number of nitrogens with one attached hydrogen (secondary N) is 1. The Hall–Kier alpha value is -3.46. The maximum absolute atomic E-state index is 12.7. The molecule has 1 heterocycles.